The summed E-state index contributed by atoms with van der Waals surface area (Å²) in [7, 11) is 0. The van der Waals surface area contributed by atoms with Gasteiger partial charge in [-0.05, 0) is 51.0 Å². The van der Waals surface area contributed by atoms with Gasteiger partial charge in [0.2, 0.25) is 5.91 Å². The molecule has 3 rings (SSSR count). The number of rotatable bonds is 4. The molecule has 6 heteroatoms. The highest BCUT2D eigenvalue weighted by Gasteiger charge is 2.49. The number of piperidine rings is 1. The fourth-order valence-electron chi connectivity index (χ4n) is 3.83. The minimum absolute atomic E-state index is 0.0919. The molecule has 3 heterocycles. The molecule has 1 aromatic heterocycles. The topological polar surface area (TPSA) is 40.6 Å². The zero-order chi connectivity index (χ0) is 17.3. The lowest BCUT2D eigenvalue weighted by atomic mass is 9.78. The van der Waals surface area contributed by atoms with E-state index in [1.807, 2.05) is 21.9 Å². The van der Waals surface area contributed by atoms with E-state index in [0.29, 0.717) is 13.1 Å². The Kier molecular flexibility index (Phi) is 5.25. The van der Waals surface area contributed by atoms with E-state index in [9.17, 15) is 9.59 Å². The molecule has 24 heavy (non-hydrogen) atoms. The van der Waals surface area contributed by atoms with E-state index >= 15 is 0 Å². The minimum Gasteiger partial charge on any atom is -0.340 e. The Hall–Kier alpha value is -1.01. The third-order valence-corrected chi connectivity index (χ3v) is 7.29. The van der Waals surface area contributed by atoms with Gasteiger partial charge in [-0.15, -0.1) is 23.1 Å². The molecule has 0 radical (unpaired) electrons. The highest BCUT2D eigenvalue weighted by Crippen LogP contribution is 2.41. The monoisotopic (exact) mass is 366 g/mol. The summed E-state index contributed by atoms with van der Waals surface area (Å²) in [5.41, 5.74) is -0.337. The molecule has 1 atom stereocenters. The molecule has 0 N–H and O–H groups in total. The van der Waals surface area contributed by atoms with Crippen LogP contribution >= 0.6 is 23.1 Å². The molecule has 2 fully saturated rings. The van der Waals surface area contributed by atoms with Gasteiger partial charge in [0.1, 0.15) is 0 Å². The average Bonchev–Trinajstić information content (AvgIpc) is 3.18. The molecular formula is C18H26N2O2S2. The van der Waals surface area contributed by atoms with Crippen LogP contribution in [0.5, 0.6) is 0 Å². The van der Waals surface area contributed by atoms with Crippen molar-refractivity contribution in [3.63, 3.8) is 0 Å². The first kappa shape index (κ1) is 17.8. The molecule has 0 saturated carbocycles. The average molecular weight is 367 g/mol. The predicted octanol–water partition coefficient (Wildman–Crippen LogP) is 3.72. The summed E-state index contributed by atoms with van der Waals surface area (Å²) in [6.45, 7) is 8.41. The van der Waals surface area contributed by atoms with Gasteiger partial charge in [-0.3, -0.25) is 9.59 Å². The summed E-state index contributed by atoms with van der Waals surface area (Å²) in [5.74, 6) is 1.36. The van der Waals surface area contributed by atoms with Crippen molar-refractivity contribution >= 4 is 34.9 Å². The normalized spacial score (nSPS) is 24.4. The fourth-order valence-corrected chi connectivity index (χ4v) is 5.84. The molecular weight excluding hydrogens is 340 g/mol. The Morgan fingerprint density at radius 3 is 2.83 bits per heavy atom. The Labute approximate surface area is 152 Å². The second kappa shape index (κ2) is 7.08. The molecule has 2 aliphatic heterocycles. The number of thiophene rings is 1. The summed E-state index contributed by atoms with van der Waals surface area (Å²) >= 11 is 3.34. The molecule has 0 unspecified atom stereocenters. The van der Waals surface area contributed by atoms with Gasteiger partial charge in [0.15, 0.2) is 0 Å². The zero-order valence-electron chi connectivity index (χ0n) is 14.7. The van der Waals surface area contributed by atoms with Crippen LogP contribution in [-0.4, -0.2) is 53.0 Å². The minimum atomic E-state index is -0.337. The van der Waals surface area contributed by atoms with Crippen LogP contribution in [0.4, 0.5) is 0 Å². The van der Waals surface area contributed by atoms with E-state index < -0.39 is 0 Å². The smallest absolute Gasteiger partial charge is 0.263 e. The van der Waals surface area contributed by atoms with Gasteiger partial charge < -0.3 is 9.80 Å². The Bertz CT molecular complexity index is 628. The van der Waals surface area contributed by atoms with E-state index in [1.54, 1.807) is 23.1 Å². The van der Waals surface area contributed by atoms with Gasteiger partial charge >= 0.3 is 0 Å². The van der Waals surface area contributed by atoms with Crippen molar-refractivity contribution < 1.29 is 9.59 Å². The summed E-state index contributed by atoms with van der Waals surface area (Å²) in [6.07, 6.45) is 2.77. The van der Waals surface area contributed by atoms with E-state index in [-0.39, 0.29) is 23.3 Å². The molecule has 1 spiro atoms. The quantitative estimate of drug-likeness (QED) is 0.763. The van der Waals surface area contributed by atoms with E-state index in [2.05, 4.69) is 20.8 Å². The second-order valence-corrected chi connectivity index (χ2v) is 9.65. The molecule has 2 amide bonds. The summed E-state index contributed by atoms with van der Waals surface area (Å²) < 4.78 is 1.19. The lowest BCUT2D eigenvalue weighted by Crippen LogP contribution is -2.52. The Morgan fingerprint density at radius 2 is 2.12 bits per heavy atom. The van der Waals surface area contributed by atoms with Gasteiger partial charge in [-0.2, -0.15) is 0 Å². The molecule has 0 aliphatic carbocycles. The van der Waals surface area contributed by atoms with Crippen molar-refractivity contribution in [2.24, 2.45) is 5.41 Å². The van der Waals surface area contributed by atoms with Gasteiger partial charge in [-0.1, -0.05) is 6.92 Å². The van der Waals surface area contributed by atoms with Gasteiger partial charge in [0, 0.05) is 25.7 Å². The number of nitrogens with zero attached hydrogens (tertiary/aromatic N) is 2. The van der Waals surface area contributed by atoms with Gasteiger partial charge in [-0.25, -0.2) is 0 Å². The van der Waals surface area contributed by atoms with Crippen molar-refractivity contribution in [1.82, 2.24) is 9.80 Å². The van der Waals surface area contributed by atoms with Crippen molar-refractivity contribution in [2.75, 3.05) is 25.4 Å². The molecule has 0 bridgehead atoms. The molecule has 132 valence electrons. The standard InChI is InChI=1S/C18H26N2O2S2/c1-4-23-15-7-6-14(24-15)16(21)19-11-9-18(12-19)8-5-10-20(13(2)3)17(18)22/h6-7,13H,4-5,8-12H2,1-3H3/t18-/m0/s1. The number of hydrogen-bond acceptors (Lipinski definition) is 4. The van der Waals surface area contributed by atoms with Crippen molar-refractivity contribution in [3.05, 3.63) is 17.0 Å². The number of amides is 2. The van der Waals surface area contributed by atoms with E-state index in [1.165, 1.54) is 4.21 Å². The largest absolute Gasteiger partial charge is 0.340 e. The van der Waals surface area contributed by atoms with Crippen molar-refractivity contribution in [3.8, 4) is 0 Å². The van der Waals surface area contributed by atoms with Crippen LogP contribution in [0.2, 0.25) is 0 Å². The number of likely N-dealkylation sites (tertiary alicyclic amines) is 2. The number of carbonyl (C=O) groups is 2. The van der Waals surface area contributed by atoms with Crippen LogP contribution in [0.3, 0.4) is 0 Å². The first-order chi connectivity index (χ1) is 11.5. The van der Waals surface area contributed by atoms with Crippen LogP contribution in [0.15, 0.2) is 16.3 Å². The number of thioether (sulfide) groups is 1. The van der Waals surface area contributed by atoms with Crippen molar-refractivity contribution in [1.29, 1.82) is 0 Å². The summed E-state index contributed by atoms with van der Waals surface area (Å²) in [6, 6.07) is 4.20. The summed E-state index contributed by atoms with van der Waals surface area (Å²) in [4.78, 5) is 30.5. The third kappa shape index (κ3) is 3.23. The zero-order valence-corrected chi connectivity index (χ0v) is 16.3. The maximum Gasteiger partial charge on any atom is 0.263 e. The maximum absolute atomic E-state index is 13.0. The lowest BCUT2D eigenvalue weighted by Gasteiger charge is -2.41. The maximum atomic E-state index is 13.0. The fraction of sp³-hybridized carbons (Fsp3) is 0.667. The highest BCUT2D eigenvalue weighted by atomic mass is 32.2. The van der Waals surface area contributed by atoms with Crippen LogP contribution in [0.25, 0.3) is 0 Å². The Morgan fingerprint density at radius 1 is 1.33 bits per heavy atom. The lowest BCUT2D eigenvalue weighted by molar-refractivity contribution is -0.147. The molecule has 2 saturated heterocycles. The molecule has 2 aliphatic rings. The highest BCUT2D eigenvalue weighted by molar-refractivity contribution is 8.01. The first-order valence-electron chi connectivity index (χ1n) is 8.80. The molecule has 1 aromatic rings. The molecule has 4 nitrogen and oxygen atoms in total. The number of hydrogen-bond donors (Lipinski definition) is 0. The van der Waals surface area contributed by atoms with Crippen LogP contribution < -0.4 is 0 Å². The SMILES string of the molecule is CCSc1ccc(C(=O)N2CC[C@@]3(CCCN(C(C)C)C3=O)C2)s1. The van der Waals surface area contributed by atoms with Crippen molar-refractivity contribution in [2.45, 2.75) is 50.3 Å². The van der Waals surface area contributed by atoms with E-state index in [0.717, 1.165) is 36.4 Å². The van der Waals surface area contributed by atoms with E-state index in [4.69, 9.17) is 0 Å². The second-order valence-electron chi connectivity index (χ2n) is 7.00. The van der Waals surface area contributed by atoms with Gasteiger partial charge in [0.05, 0.1) is 14.5 Å². The predicted molar refractivity (Wildman–Crippen MR) is 99.8 cm³/mol. The van der Waals surface area contributed by atoms with Crippen LogP contribution in [0, 0.1) is 5.41 Å². The van der Waals surface area contributed by atoms with Crippen LogP contribution in [-0.2, 0) is 4.79 Å². The summed E-state index contributed by atoms with van der Waals surface area (Å²) in [5, 5.41) is 0. The first-order valence-corrected chi connectivity index (χ1v) is 10.6. The Balaban J connectivity index is 1.72. The van der Waals surface area contributed by atoms with Gasteiger partial charge in [0.25, 0.3) is 5.91 Å². The molecule has 0 aromatic carbocycles. The van der Waals surface area contributed by atoms with Crippen LogP contribution in [0.1, 0.15) is 49.7 Å². The third-order valence-electron chi connectivity index (χ3n) is 5.11. The number of carbonyl (C=O) groups excluding carboxylic acids is 2.